The molecule has 0 bridgehead atoms. The van der Waals surface area contributed by atoms with Gasteiger partial charge in [0.15, 0.2) is 5.78 Å². The Balaban J connectivity index is 1.44. The summed E-state index contributed by atoms with van der Waals surface area (Å²) in [6.45, 7) is 2.99. The summed E-state index contributed by atoms with van der Waals surface area (Å²) in [7, 11) is 0. The van der Waals surface area contributed by atoms with Gasteiger partial charge >= 0.3 is 0 Å². The van der Waals surface area contributed by atoms with Gasteiger partial charge in [0.25, 0.3) is 0 Å². The highest BCUT2D eigenvalue weighted by molar-refractivity contribution is 6.30. The number of ether oxygens (including phenoxy) is 1. The molecule has 27 heavy (non-hydrogen) atoms. The predicted molar refractivity (Wildman–Crippen MR) is 103 cm³/mol. The Bertz CT molecular complexity index is 821. The van der Waals surface area contributed by atoms with E-state index in [0.29, 0.717) is 23.1 Å². The normalized spacial score (nSPS) is 22.9. The van der Waals surface area contributed by atoms with Crippen molar-refractivity contribution in [2.45, 2.75) is 31.3 Å². The fourth-order valence-electron chi connectivity index (χ4n) is 3.99. The first-order chi connectivity index (χ1) is 13.1. The lowest BCUT2D eigenvalue weighted by atomic mass is 10.0. The van der Waals surface area contributed by atoms with Crippen molar-refractivity contribution in [1.29, 1.82) is 0 Å². The van der Waals surface area contributed by atoms with E-state index >= 15 is 0 Å². The van der Waals surface area contributed by atoms with Crippen LogP contribution in [0.2, 0.25) is 5.02 Å². The summed E-state index contributed by atoms with van der Waals surface area (Å²) in [5.74, 6) is 0.730. The van der Waals surface area contributed by atoms with Crippen molar-refractivity contribution >= 4 is 17.4 Å². The summed E-state index contributed by atoms with van der Waals surface area (Å²) in [5.41, 5.74) is 0.697. The van der Waals surface area contributed by atoms with Gasteiger partial charge in [-0.25, -0.2) is 4.39 Å². The molecule has 2 heterocycles. The molecular weight excluding hydrogens is 367 g/mol. The van der Waals surface area contributed by atoms with Crippen LogP contribution in [0.5, 0.6) is 11.5 Å². The number of benzene rings is 2. The summed E-state index contributed by atoms with van der Waals surface area (Å²) < 4.78 is 18.9. The van der Waals surface area contributed by atoms with Crippen LogP contribution >= 0.6 is 11.6 Å². The Kier molecular flexibility index (Phi) is 5.43. The Morgan fingerprint density at radius 1 is 1.15 bits per heavy atom. The zero-order valence-corrected chi connectivity index (χ0v) is 15.7. The van der Waals surface area contributed by atoms with E-state index in [9.17, 15) is 9.18 Å². The highest BCUT2D eigenvalue weighted by Gasteiger charge is 2.36. The number of hydrogen-bond donors (Lipinski definition) is 1. The molecule has 4 rings (SSSR count). The lowest BCUT2D eigenvalue weighted by Gasteiger charge is -2.29. The molecule has 2 aliphatic rings. The molecule has 0 radical (unpaired) electrons. The van der Waals surface area contributed by atoms with E-state index in [2.05, 4.69) is 10.2 Å². The van der Waals surface area contributed by atoms with Crippen molar-refractivity contribution < 1.29 is 13.9 Å². The Hall–Kier alpha value is -1.95. The number of rotatable bonds is 5. The molecular formula is C21H22ClFN2O2. The van der Waals surface area contributed by atoms with Gasteiger partial charge in [0.05, 0.1) is 11.1 Å². The number of carbonyl (C=O) groups is 1. The maximum atomic E-state index is 13.2. The summed E-state index contributed by atoms with van der Waals surface area (Å²) in [6, 6.07) is 11.8. The predicted octanol–water partition coefficient (Wildman–Crippen LogP) is 4.28. The number of nitrogens with zero attached hydrogens (tertiary/aromatic N) is 1. The molecule has 142 valence electrons. The van der Waals surface area contributed by atoms with Crippen LogP contribution in [0.25, 0.3) is 0 Å². The third-order valence-corrected chi connectivity index (χ3v) is 5.66. The molecule has 2 unspecified atom stereocenters. The van der Waals surface area contributed by atoms with Gasteiger partial charge in [0, 0.05) is 24.2 Å². The van der Waals surface area contributed by atoms with E-state index < -0.39 is 5.82 Å². The molecule has 2 aromatic rings. The average molecular weight is 389 g/mol. The van der Waals surface area contributed by atoms with E-state index in [1.54, 1.807) is 24.3 Å². The number of hydrogen-bond acceptors (Lipinski definition) is 4. The fraction of sp³-hybridized carbons (Fsp3) is 0.381. The van der Waals surface area contributed by atoms with Crippen molar-refractivity contribution in [1.82, 2.24) is 10.2 Å². The second-order valence-electron chi connectivity index (χ2n) is 7.11. The third kappa shape index (κ3) is 4.00. The van der Waals surface area contributed by atoms with E-state index in [-0.39, 0.29) is 16.8 Å². The number of likely N-dealkylation sites (tertiary alicyclic amines) is 1. The van der Waals surface area contributed by atoms with Crippen molar-refractivity contribution in [3.63, 3.8) is 0 Å². The van der Waals surface area contributed by atoms with Crippen LogP contribution in [0, 0.1) is 5.82 Å². The maximum absolute atomic E-state index is 13.2. The van der Waals surface area contributed by atoms with Gasteiger partial charge in [0.1, 0.15) is 17.3 Å². The Morgan fingerprint density at radius 2 is 1.93 bits per heavy atom. The van der Waals surface area contributed by atoms with E-state index in [1.165, 1.54) is 18.2 Å². The molecule has 0 aromatic heterocycles. The maximum Gasteiger partial charge on any atom is 0.179 e. The number of halogens is 2. The largest absolute Gasteiger partial charge is 0.457 e. The van der Waals surface area contributed by atoms with Gasteiger partial charge in [-0.1, -0.05) is 11.6 Å². The first kappa shape index (κ1) is 18.4. The molecule has 2 fully saturated rings. The summed E-state index contributed by atoms with van der Waals surface area (Å²) in [5, 5.41) is 3.40. The van der Waals surface area contributed by atoms with Crippen LogP contribution in [-0.4, -0.2) is 42.4 Å². The highest BCUT2D eigenvalue weighted by Crippen LogP contribution is 2.28. The van der Waals surface area contributed by atoms with Crippen molar-refractivity contribution in [2.75, 3.05) is 19.6 Å². The minimum atomic E-state index is -0.483. The molecule has 0 saturated carbocycles. The SMILES string of the molecule is O=C(c1ccc(Oc2ccc(F)c(Cl)c2)cc1)C1CCCN1C1CCNC1. The minimum absolute atomic E-state index is 0.0158. The molecule has 2 saturated heterocycles. The Morgan fingerprint density at radius 3 is 2.63 bits per heavy atom. The standard InChI is InChI=1S/C21H22ClFN2O2/c22-18-12-17(7-8-19(18)23)27-16-5-3-14(4-6-16)21(26)20-2-1-11-25(20)15-9-10-24-13-15/h3-8,12,15,20,24H,1-2,9-11,13H2. The van der Waals surface area contributed by atoms with Crippen LogP contribution in [0.4, 0.5) is 4.39 Å². The molecule has 6 heteroatoms. The van der Waals surface area contributed by atoms with Crippen molar-refractivity contribution in [3.8, 4) is 11.5 Å². The van der Waals surface area contributed by atoms with Crippen LogP contribution in [0.1, 0.15) is 29.6 Å². The Labute approximate surface area is 163 Å². The fourth-order valence-corrected chi connectivity index (χ4v) is 4.16. The lowest BCUT2D eigenvalue weighted by molar-refractivity contribution is 0.0826. The molecule has 1 N–H and O–H groups in total. The molecule has 2 atom stereocenters. The van der Waals surface area contributed by atoms with E-state index in [1.807, 2.05) is 0 Å². The molecule has 4 nitrogen and oxygen atoms in total. The molecule has 0 spiro atoms. The molecule has 2 aromatic carbocycles. The second kappa shape index (κ2) is 7.97. The van der Waals surface area contributed by atoms with Gasteiger partial charge in [-0.15, -0.1) is 0 Å². The number of carbonyl (C=O) groups excluding carboxylic acids is 1. The van der Waals surface area contributed by atoms with Crippen LogP contribution in [0.3, 0.4) is 0 Å². The van der Waals surface area contributed by atoms with E-state index in [0.717, 1.165) is 38.9 Å². The molecule has 0 aliphatic carbocycles. The van der Waals surface area contributed by atoms with Crippen LogP contribution in [-0.2, 0) is 0 Å². The number of Topliss-reactive ketones (excluding diaryl/α,β-unsaturated/α-hetero) is 1. The summed E-state index contributed by atoms with van der Waals surface area (Å²) >= 11 is 5.78. The average Bonchev–Trinajstić information content (AvgIpc) is 3.36. The molecule has 2 aliphatic heterocycles. The first-order valence-corrected chi connectivity index (χ1v) is 9.73. The van der Waals surface area contributed by atoms with Gasteiger partial charge in [-0.05, 0) is 68.8 Å². The third-order valence-electron chi connectivity index (χ3n) is 5.37. The summed E-state index contributed by atoms with van der Waals surface area (Å²) in [6.07, 6.45) is 3.10. The summed E-state index contributed by atoms with van der Waals surface area (Å²) in [4.78, 5) is 15.4. The van der Waals surface area contributed by atoms with Gasteiger partial charge in [0.2, 0.25) is 0 Å². The van der Waals surface area contributed by atoms with Crippen LogP contribution < -0.4 is 10.1 Å². The molecule has 0 amide bonds. The van der Waals surface area contributed by atoms with Crippen molar-refractivity contribution in [3.05, 3.63) is 58.9 Å². The quantitative estimate of drug-likeness (QED) is 0.776. The first-order valence-electron chi connectivity index (χ1n) is 9.35. The van der Waals surface area contributed by atoms with Crippen LogP contribution in [0.15, 0.2) is 42.5 Å². The minimum Gasteiger partial charge on any atom is -0.457 e. The zero-order valence-electron chi connectivity index (χ0n) is 15.0. The second-order valence-corrected chi connectivity index (χ2v) is 7.52. The number of ketones is 1. The van der Waals surface area contributed by atoms with Gasteiger partial charge < -0.3 is 10.1 Å². The zero-order chi connectivity index (χ0) is 18.8. The van der Waals surface area contributed by atoms with Gasteiger partial charge in [-0.2, -0.15) is 0 Å². The highest BCUT2D eigenvalue weighted by atomic mass is 35.5. The monoisotopic (exact) mass is 388 g/mol. The smallest absolute Gasteiger partial charge is 0.179 e. The number of nitrogens with one attached hydrogen (secondary N) is 1. The van der Waals surface area contributed by atoms with Gasteiger partial charge in [-0.3, -0.25) is 9.69 Å². The lowest BCUT2D eigenvalue weighted by Crippen LogP contribution is -2.44. The van der Waals surface area contributed by atoms with E-state index in [4.69, 9.17) is 16.3 Å². The van der Waals surface area contributed by atoms with Crippen molar-refractivity contribution in [2.24, 2.45) is 0 Å². The topological polar surface area (TPSA) is 41.6 Å².